The van der Waals surface area contributed by atoms with E-state index in [1.54, 1.807) is 18.0 Å². The molecule has 0 atom stereocenters. The predicted octanol–water partition coefficient (Wildman–Crippen LogP) is 3.65. The molecule has 25 heavy (non-hydrogen) atoms. The van der Waals surface area contributed by atoms with Gasteiger partial charge in [-0.2, -0.15) is 4.98 Å². The van der Waals surface area contributed by atoms with Crippen LogP contribution in [0.25, 0.3) is 11.4 Å². The van der Waals surface area contributed by atoms with Crippen molar-refractivity contribution in [3.05, 3.63) is 36.2 Å². The molecule has 0 unspecified atom stereocenters. The van der Waals surface area contributed by atoms with E-state index in [2.05, 4.69) is 50.7 Å². The number of nitrogens with zero attached hydrogens (tertiary/aromatic N) is 6. The van der Waals surface area contributed by atoms with Gasteiger partial charge in [0.05, 0.1) is 5.75 Å². The molecule has 4 rings (SSSR count). The first-order valence-corrected chi connectivity index (χ1v) is 9.32. The fourth-order valence-corrected chi connectivity index (χ4v) is 3.32. The molecular formula is C17H20N6OS. The van der Waals surface area contributed by atoms with Crippen LogP contribution in [0, 0.1) is 0 Å². The zero-order valence-electron chi connectivity index (χ0n) is 14.5. The summed E-state index contributed by atoms with van der Waals surface area (Å²) in [5.74, 6) is 2.82. The van der Waals surface area contributed by atoms with Crippen LogP contribution in [0.2, 0.25) is 0 Å². The van der Waals surface area contributed by atoms with Crippen LogP contribution in [0.4, 0.5) is 0 Å². The average molecular weight is 356 g/mol. The van der Waals surface area contributed by atoms with Gasteiger partial charge in [0.15, 0.2) is 16.8 Å². The number of rotatable bonds is 5. The van der Waals surface area contributed by atoms with Gasteiger partial charge in [-0.1, -0.05) is 37.7 Å². The monoisotopic (exact) mass is 356 g/mol. The minimum absolute atomic E-state index is 0.141. The summed E-state index contributed by atoms with van der Waals surface area (Å²) in [5, 5.41) is 13.7. The van der Waals surface area contributed by atoms with Crippen LogP contribution < -0.4 is 0 Å². The Hall–Kier alpha value is -2.22. The molecular weight excluding hydrogens is 336 g/mol. The van der Waals surface area contributed by atoms with Crippen LogP contribution in [-0.2, 0) is 11.2 Å². The zero-order chi connectivity index (χ0) is 17.4. The van der Waals surface area contributed by atoms with E-state index in [4.69, 9.17) is 4.52 Å². The Labute approximate surface area is 150 Å². The number of hydrogen-bond donors (Lipinski definition) is 0. The Balaban J connectivity index is 1.55. The number of aromatic nitrogens is 6. The van der Waals surface area contributed by atoms with E-state index in [-0.39, 0.29) is 5.41 Å². The first-order chi connectivity index (χ1) is 12.0. The molecule has 3 aromatic rings. The lowest BCUT2D eigenvalue weighted by molar-refractivity contribution is 0.319. The third kappa shape index (κ3) is 3.44. The van der Waals surface area contributed by atoms with Crippen molar-refractivity contribution in [2.24, 2.45) is 0 Å². The highest BCUT2D eigenvalue weighted by Crippen LogP contribution is 2.41. The van der Waals surface area contributed by atoms with Crippen LogP contribution in [0.3, 0.4) is 0 Å². The second kappa shape index (κ2) is 6.25. The Morgan fingerprint density at radius 3 is 2.76 bits per heavy atom. The van der Waals surface area contributed by atoms with Crippen LogP contribution in [0.1, 0.15) is 51.4 Å². The van der Waals surface area contributed by atoms with Crippen molar-refractivity contribution in [3.63, 3.8) is 0 Å². The van der Waals surface area contributed by atoms with Gasteiger partial charge in [0.25, 0.3) is 0 Å². The molecule has 1 fully saturated rings. The highest BCUT2D eigenvalue weighted by molar-refractivity contribution is 7.98. The fourth-order valence-electron chi connectivity index (χ4n) is 2.48. The van der Waals surface area contributed by atoms with Crippen molar-refractivity contribution in [2.45, 2.75) is 56.0 Å². The normalized spacial score (nSPS) is 14.8. The molecule has 8 heteroatoms. The minimum Gasteiger partial charge on any atom is -0.339 e. The van der Waals surface area contributed by atoms with E-state index in [1.165, 1.54) is 0 Å². The molecule has 0 aliphatic heterocycles. The Bertz CT molecular complexity index is 863. The van der Waals surface area contributed by atoms with Crippen molar-refractivity contribution < 1.29 is 4.52 Å². The standard InChI is InChI=1S/C17H20N6OS/c1-17(2,3)15-19-13(22-24-15)10-25-16-21-20-14(23(16)12-6-7-12)11-5-4-8-18-9-11/h4-5,8-9,12H,6-7,10H2,1-3H3. The molecule has 0 N–H and O–H groups in total. The first-order valence-electron chi connectivity index (χ1n) is 8.33. The summed E-state index contributed by atoms with van der Waals surface area (Å²) < 4.78 is 7.57. The van der Waals surface area contributed by atoms with Crippen LogP contribution in [0.15, 0.2) is 34.2 Å². The van der Waals surface area contributed by atoms with Gasteiger partial charge >= 0.3 is 0 Å². The van der Waals surface area contributed by atoms with Crippen LogP contribution in [-0.4, -0.2) is 29.9 Å². The maximum absolute atomic E-state index is 5.36. The molecule has 3 heterocycles. The van der Waals surface area contributed by atoms with Gasteiger partial charge in [-0.3, -0.25) is 9.55 Å². The van der Waals surface area contributed by atoms with Crippen molar-refractivity contribution in [3.8, 4) is 11.4 Å². The summed E-state index contributed by atoms with van der Waals surface area (Å²) in [5.41, 5.74) is 0.848. The van der Waals surface area contributed by atoms with Gasteiger partial charge in [0.2, 0.25) is 5.89 Å². The number of hydrogen-bond acceptors (Lipinski definition) is 7. The lowest BCUT2D eigenvalue weighted by Gasteiger charge is -2.10. The van der Waals surface area contributed by atoms with E-state index in [9.17, 15) is 0 Å². The molecule has 0 aromatic carbocycles. The lowest BCUT2D eigenvalue weighted by Crippen LogP contribution is -2.11. The molecule has 0 saturated heterocycles. The second-order valence-electron chi connectivity index (χ2n) is 7.20. The highest BCUT2D eigenvalue weighted by atomic mass is 32.2. The predicted molar refractivity (Wildman–Crippen MR) is 94.1 cm³/mol. The van der Waals surface area contributed by atoms with Crippen molar-refractivity contribution in [1.82, 2.24) is 29.9 Å². The Kier molecular flexibility index (Phi) is 4.07. The summed E-state index contributed by atoms with van der Waals surface area (Å²) >= 11 is 1.59. The molecule has 3 aromatic heterocycles. The van der Waals surface area contributed by atoms with Gasteiger partial charge in [-0.05, 0) is 25.0 Å². The van der Waals surface area contributed by atoms with Crippen LogP contribution in [0.5, 0.6) is 0 Å². The van der Waals surface area contributed by atoms with Gasteiger partial charge in [0.1, 0.15) is 0 Å². The minimum atomic E-state index is -0.141. The third-order valence-electron chi connectivity index (χ3n) is 3.94. The summed E-state index contributed by atoms with van der Waals surface area (Å²) in [6.07, 6.45) is 5.91. The lowest BCUT2D eigenvalue weighted by atomic mass is 9.97. The smallest absolute Gasteiger partial charge is 0.232 e. The van der Waals surface area contributed by atoms with E-state index in [1.807, 2.05) is 18.3 Å². The van der Waals surface area contributed by atoms with Crippen LogP contribution >= 0.6 is 11.8 Å². The van der Waals surface area contributed by atoms with Gasteiger partial charge in [-0.15, -0.1) is 10.2 Å². The van der Waals surface area contributed by atoms with Crippen molar-refractivity contribution >= 4 is 11.8 Å². The molecule has 7 nitrogen and oxygen atoms in total. The van der Waals surface area contributed by atoms with E-state index in [0.29, 0.717) is 23.5 Å². The van der Waals surface area contributed by atoms with Gasteiger partial charge in [0, 0.05) is 29.4 Å². The molecule has 0 bridgehead atoms. The van der Waals surface area contributed by atoms with E-state index < -0.39 is 0 Å². The summed E-state index contributed by atoms with van der Waals surface area (Å²) in [6.45, 7) is 6.17. The van der Waals surface area contributed by atoms with E-state index in [0.717, 1.165) is 29.4 Å². The first kappa shape index (κ1) is 16.3. The van der Waals surface area contributed by atoms with E-state index >= 15 is 0 Å². The largest absolute Gasteiger partial charge is 0.339 e. The summed E-state index contributed by atoms with van der Waals surface area (Å²) in [6, 6.07) is 4.41. The SMILES string of the molecule is CC(C)(C)c1nc(CSc2nnc(-c3cccnc3)n2C2CC2)no1. The topological polar surface area (TPSA) is 82.5 Å². The average Bonchev–Trinajstić information content (AvgIpc) is 3.15. The maximum atomic E-state index is 5.36. The molecule has 1 saturated carbocycles. The van der Waals surface area contributed by atoms with Gasteiger partial charge in [-0.25, -0.2) is 0 Å². The molecule has 1 aliphatic rings. The Morgan fingerprint density at radius 1 is 1.28 bits per heavy atom. The van der Waals surface area contributed by atoms with Gasteiger partial charge < -0.3 is 4.52 Å². The number of thioether (sulfide) groups is 1. The van der Waals surface area contributed by atoms with Crippen molar-refractivity contribution in [2.75, 3.05) is 0 Å². The quantitative estimate of drug-likeness (QED) is 0.645. The molecule has 0 spiro atoms. The highest BCUT2D eigenvalue weighted by Gasteiger charge is 2.30. The molecule has 130 valence electrons. The molecule has 0 radical (unpaired) electrons. The summed E-state index contributed by atoms with van der Waals surface area (Å²) in [4.78, 5) is 8.68. The molecule has 0 amide bonds. The third-order valence-corrected chi connectivity index (χ3v) is 4.88. The fraction of sp³-hybridized carbons (Fsp3) is 0.471. The zero-order valence-corrected chi connectivity index (χ0v) is 15.3. The second-order valence-corrected chi connectivity index (χ2v) is 8.15. The Morgan fingerprint density at radius 2 is 2.12 bits per heavy atom. The molecule has 1 aliphatic carbocycles. The maximum Gasteiger partial charge on any atom is 0.232 e. The number of pyridine rings is 1. The summed E-state index contributed by atoms with van der Waals surface area (Å²) in [7, 11) is 0. The van der Waals surface area contributed by atoms with Crippen molar-refractivity contribution in [1.29, 1.82) is 0 Å².